The Morgan fingerprint density at radius 3 is 2.76 bits per heavy atom. The van der Waals surface area contributed by atoms with E-state index in [1.54, 1.807) is 0 Å². The molecule has 2 aromatic carbocycles. The highest BCUT2D eigenvalue weighted by molar-refractivity contribution is 6.08. The van der Waals surface area contributed by atoms with Crippen LogP contribution in [-0.4, -0.2) is 24.2 Å². The van der Waals surface area contributed by atoms with Crippen LogP contribution in [-0.2, 0) is 6.42 Å². The normalized spacial score (nSPS) is 11.8. The third-order valence-electron chi connectivity index (χ3n) is 4.24. The molecule has 3 rings (SSSR count). The lowest BCUT2D eigenvalue weighted by molar-refractivity contribution is 0.359. The molecule has 0 bridgehead atoms. The van der Waals surface area contributed by atoms with Gasteiger partial charge in [-0.2, -0.15) is 0 Å². The van der Waals surface area contributed by atoms with Gasteiger partial charge in [0.1, 0.15) is 12.4 Å². The summed E-state index contributed by atoms with van der Waals surface area (Å²) in [6.07, 6.45) is 6.87. The Morgan fingerprint density at radius 2 is 1.96 bits per heavy atom. The number of allylic oxidation sites excluding steroid dienone is 1. The van der Waals surface area contributed by atoms with Crippen LogP contribution in [0.2, 0.25) is 0 Å². The molecule has 3 aromatic rings. The minimum absolute atomic E-state index is 0.495. The zero-order valence-corrected chi connectivity index (χ0v) is 15.0. The molecule has 3 nitrogen and oxygen atoms in total. The summed E-state index contributed by atoms with van der Waals surface area (Å²) in [7, 11) is 0. The van der Waals surface area contributed by atoms with Gasteiger partial charge in [0.25, 0.3) is 0 Å². The maximum atomic E-state index is 6.02. The topological polar surface area (TPSA) is 37.0 Å². The molecule has 0 spiro atoms. The molecule has 3 heteroatoms. The SMILES string of the molecule is C=CCc1c(OC/C=C\CNC(C)C)ccc2c1[nH]c1ccccc12. The highest BCUT2D eigenvalue weighted by Gasteiger charge is 2.12. The molecular weight excluding hydrogens is 308 g/mol. The lowest BCUT2D eigenvalue weighted by Gasteiger charge is -2.10. The fourth-order valence-corrected chi connectivity index (χ4v) is 3.03. The van der Waals surface area contributed by atoms with E-state index in [-0.39, 0.29) is 0 Å². The molecule has 0 aliphatic rings. The fourth-order valence-electron chi connectivity index (χ4n) is 3.03. The lowest BCUT2D eigenvalue weighted by Crippen LogP contribution is -2.22. The standard InChI is InChI=1S/C22H26N2O/c1-4-9-19-21(25-15-8-7-14-23-16(2)3)13-12-18-17-10-5-6-11-20(17)24-22(18)19/h4-8,10-13,16,23-24H,1,9,14-15H2,2-3H3/b8-7-. The average molecular weight is 334 g/mol. The molecule has 0 atom stereocenters. The van der Waals surface area contributed by atoms with Gasteiger partial charge in [-0.15, -0.1) is 6.58 Å². The molecule has 0 fully saturated rings. The number of rotatable bonds is 8. The van der Waals surface area contributed by atoms with Gasteiger partial charge >= 0.3 is 0 Å². The zero-order chi connectivity index (χ0) is 17.6. The van der Waals surface area contributed by atoms with E-state index in [1.807, 2.05) is 6.08 Å². The van der Waals surface area contributed by atoms with Crippen molar-refractivity contribution < 1.29 is 4.74 Å². The summed E-state index contributed by atoms with van der Waals surface area (Å²) >= 11 is 0. The molecule has 0 radical (unpaired) electrons. The molecule has 0 saturated heterocycles. The van der Waals surface area contributed by atoms with Crippen molar-refractivity contribution in [2.75, 3.05) is 13.2 Å². The highest BCUT2D eigenvalue weighted by Crippen LogP contribution is 2.33. The van der Waals surface area contributed by atoms with Crippen LogP contribution >= 0.6 is 0 Å². The number of benzene rings is 2. The van der Waals surface area contributed by atoms with Crippen LogP contribution in [0.4, 0.5) is 0 Å². The number of H-pyrrole nitrogens is 1. The van der Waals surface area contributed by atoms with Crippen LogP contribution < -0.4 is 10.1 Å². The van der Waals surface area contributed by atoms with E-state index in [2.05, 4.69) is 79.3 Å². The Balaban J connectivity index is 1.84. The zero-order valence-electron chi connectivity index (χ0n) is 15.0. The highest BCUT2D eigenvalue weighted by atomic mass is 16.5. The molecule has 0 aliphatic heterocycles. The maximum Gasteiger partial charge on any atom is 0.125 e. The Labute approximate surface area is 149 Å². The van der Waals surface area contributed by atoms with Gasteiger partial charge in [0.05, 0.1) is 5.52 Å². The Hall–Kier alpha value is -2.52. The van der Waals surface area contributed by atoms with E-state index in [0.717, 1.165) is 35.3 Å². The summed E-state index contributed by atoms with van der Waals surface area (Å²) in [6.45, 7) is 9.61. The number of aromatic amines is 1. The van der Waals surface area contributed by atoms with E-state index in [4.69, 9.17) is 4.74 Å². The van der Waals surface area contributed by atoms with Gasteiger partial charge in [0.2, 0.25) is 0 Å². The molecule has 0 unspecified atom stereocenters. The van der Waals surface area contributed by atoms with Gasteiger partial charge in [0, 0.05) is 34.4 Å². The van der Waals surface area contributed by atoms with Crippen LogP contribution in [0.1, 0.15) is 19.4 Å². The van der Waals surface area contributed by atoms with Crippen molar-refractivity contribution in [1.29, 1.82) is 0 Å². The first kappa shape index (κ1) is 17.3. The van der Waals surface area contributed by atoms with Gasteiger partial charge in [-0.3, -0.25) is 0 Å². The van der Waals surface area contributed by atoms with Gasteiger partial charge in [0.15, 0.2) is 0 Å². The number of fused-ring (bicyclic) bond motifs is 3. The van der Waals surface area contributed by atoms with Crippen LogP contribution in [0.3, 0.4) is 0 Å². The molecule has 2 N–H and O–H groups in total. The molecule has 130 valence electrons. The monoisotopic (exact) mass is 334 g/mol. The van der Waals surface area contributed by atoms with Gasteiger partial charge in [-0.1, -0.05) is 50.3 Å². The smallest absolute Gasteiger partial charge is 0.125 e. The molecule has 0 aliphatic carbocycles. The Morgan fingerprint density at radius 1 is 1.12 bits per heavy atom. The summed E-state index contributed by atoms with van der Waals surface area (Å²) < 4.78 is 6.02. The van der Waals surface area contributed by atoms with Crippen LogP contribution in [0.5, 0.6) is 5.75 Å². The van der Waals surface area contributed by atoms with Crippen LogP contribution in [0, 0.1) is 0 Å². The van der Waals surface area contributed by atoms with Gasteiger partial charge in [-0.05, 0) is 24.6 Å². The predicted octanol–water partition coefficient (Wildman–Crippen LogP) is 4.98. The fraction of sp³-hybridized carbons (Fsp3) is 0.273. The van der Waals surface area contributed by atoms with Crippen molar-refractivity contribution in [1.82, 2.24) is 10.3 Å². The van der Waals surface area contributed by atoms with Crippen molar-refractivity contribution in [3.63, 3.8) is 0 Å². The van der Waals surface area contributed by atoms with E-state index in [0.29, 0.717) is 12.6 Å². The van der Waals surface area contributed by atoms with Crippen molar-refractivity contribution in [3.8, 4) is 5.75 Å². The third-order valence-corrected chi connectivity index (χ3v) is 4.24. The Kier molecular flexibility index (Phi) is 5.56. The van der Waals surface area contributed by atoms with E-state index in [1.165, 1.54) is 10.8 Å². The number of aromatic nitrogens is 1. The molecule has 0 saturated carbocycles. The molecule has 1 heterocycles. The minimum Gasteiger partial charge on any atom is -0.489 e. The van der Waals surface area contributed by atoms with Crippen molar-refractivity contribution in [2.24, 2.45) is 0 Å². The van der Waals surface area contributed by atoms with E-state index in [9.17, 15) is 0 Å². The first-order valence-electron chi connectivity index (χ1n) is 8.85. The van der Waals surface area contributed by atoms with Crippen LogP contribution in [0.25, 0.3) is 21.8 Å². The molecular formula is C22H26N2O. The van der Waals surface area contributed by atoms with Gasteiger partial charge in [-0.25, -0.2) is 0 Å². The second kappa shape index (κ2) is 8.04. The summed E-state index contributed by atoms with van der Waals surface area (Å²) in [6, 6.07) is 13.1. The summed E-state index contributed by atoms with van der Waals surface area (Å²) in [5.74, 6) is 0.917. The van der Waals surface area contributed by atoms with E-state index >= 15 is 0 Å². The van der Waals surface area contributed by atoms with Gasteiger partial charge < -0.3 is 15.0 Å². The largest absolute Gasteiger partial charge is 0.489 e. The number of para-hydroxylation sites is 1. The maximum absolute atomic E-state index is 6.02. The van der Waals surface area contributed by atoms with Crippen molar-refractivity contribution in [2.45, 2.75) is 26.3 Å². The number of hydrogen-bond acceptors (Lipinski definition) is 2. The second-order valence-electron chi connectivity index (χ2n) is 6.47. The summed E-state index contributed by atoms with van der Waals surface area (Å²) in [5.41, 5.74) is 3.46. The minimum atomic E-state index is 0.495. The van der Waals surface area contributed by atoms with E-state index < -0.39 is 0 Å². The lowest BCUT2D eigenvalue weighted by atomic mass is 10.1. The summed E-state index contributed by atoms with van der Waals surface area (Å²) in [4.78, 5) is 3.54. The second-order valence-corrected chi connectivity index (χ2v) is 6.47. The first-order valence-corrected chi connectivity index (χ1v) is 8.85. The summed E-state index contributed by atoms with van der Waals surface area (Å²) in [5, 5.41) is 5.83. The number of nitrogens with one attached hydrogen (secondary N) is 2. The predicted molar refractivity (Wildman–Crippen MR) is 107 cm³/mol. The number of ether oxygens (including phenoxy) is 1. The van der Waals surface area contributed by atoms with Crippen molar-refractivity contribution in [3.05, 3.63) is 66.8 Å². The molecule has 1 aromatic heterocycles. The molecule has 25 heavy (non-hydrogen) atoms. The molecule has 0 amide bonds. The number of hydrogen-bond donors (Lipinski definition) is 2. The van der Waals surface area contributed by atoms with Crippen LogP contribution in [0.15, 0.2) is 61.2 Å². The van der Waals surface area contributed by atoms with Crippen molar-refractivity contribution >= 4 is 21.8 Å². The quantitative estimate of drug-likeness (QED) is 0.570. The first-order chi connectivity index (χ1) is 12.2. The third kappa shape index (κ3) is 3.94. The average Bonchev–Trinajstić information content (AvgIpc) is 2.98. The Bertz CT molecular complexity index is 890.